The van der Waals surface area contributed by atoms with E-state index in [4.69, 9.17) is 0 Å². The van der Waals surface area contributed by atoms with Crippen LogP contribution in [0.2, 0.25) is 0 Å². The molecule has 4 nitrogen and oxygen atoms in total. The maximum Gasteiger partial charge on any atom is 0.339 e. The SMILES string of the molecule is O=C(O)c1cc2c(nc1NCC1CCSC1)CCCC2. The molecule has 2 aliphatic rings. The van der Waals surface area contributed by atoms with Gasteiger partial charge in [0.2, 0.25) is 0 Å². The molecular formula is C15H20N2O2S. The number of anilines is 1. The van der Waals surface area contributed by atoms with Gasteiger partial charge in [-0.05, 0) is 61.2 Å². The van der Waals surface area contributed by atoms with Crippen LogP contribution in [-0.4, -0.2) is 34.1 Å². The Hall–Kier alpha value is -1.23. The Morgan fingerprint density at radius 3 is 3.05 bits per heavy atom. The predicted octanol–water partition coefficient (Wildman–Crippen LogP) is 2.82. The lowest BCUT2D eigenvalue weighted by molar-refractivity contribution is 0.0697. The minimum absolute atomic E-state index is 0.330. The first kappa shape index (κ1) is 13.7. The Morgan fingerprint density at radius 1 is 1.45 bits per heavy atom. The number of thioether (sulfide) groups is 1. The van der Waals surface area contributed by atoms with Crippen molar-refractivity contribution in [2.75, 3.05) is 23.4 Å². The van der Waals surface area contributed by atoms with Crippen molar-refractivity contribution in [3.05, 3.63) is 22.9 Å². The molecule has 20 heavy (non-hydrogen) atoms. The molecule has 1 aliphatic carbocycles. The summed E-state index contributed by atoms with van der Waals surface area (Å²) < 4.78 is 0. The molecule has 0 bridgehead atoms. The number of aromatic carboxylic acids is 1. The van der Waals surface area contributed by atoms with Crippen molar-refractivity contribution in [1.29, 1.82) is 0 Å². The quantitative estimate of drug-likeness (QED) is 0.893. The molecule has 1 unspecified atom stereocenters. The number of hydrogen-bond acceptors (Lipinski definition) is 4. The predicted molar refractivity (Wildman–Crippen MR) is 81.8 cm³/mol. The van der Waals surface area contributed by atoms with Crippen LogP contribution in [0.25, 0.3) is 0 Å². The summed E-state index contributed by atoms with van der Waals surface area (Å²) in [5, 5.41) is 12.7. The average Bonchev–Trinajstić information content (AvgIpc) is 2.97. The van der Waals surface area contributed by atoms with E-state index in [1.54, 1.807) is 0 Å². The van der Waals surface area contributed by atoms with E-state index in [1.165, 1.54) is 17.9 Å². The Balaban J connectivity index is 1.81. The van der Waals surface area contributed by atoms with Crippen molar-refractivity contribution in [1.82, 2.24) is 4.98 Å². The Bertz CT molecular complexity index is 513. The highest BCUT2D eigenvalue weighted by molar-refractivity contribution is 7.99. The van der Waals surface area contributed by atoms with E-state index >= 15 is 0 Å². The summed E-state index contributed by atoms with van der Waals surface area (Å²) in [6, 6.07) is 1.83. The Labute approximate surface area is 123 Å². The second-order valence-corrected chi connectivity index (χ2v) is 6.76. The Kier molecular flexibility index (Phi) is 4.15. The maximum absolute atomic E-state index is 11.4. The molecular weight excluding hydrogens is 272 g/mol. The lowest BCUT2D eigenvalue weighted by atomic mass is 9.94. The Morgan fingerprint density at radius 2 is 2.30 bits per heavy atom. The molecule has 0 radical (unpaired) electrons. The third-order valence-corrected chi connectivity index (χ3v) is 5.34. The number of rotatable bonds is 4. The number of aromatic nitrogens is 1. The molecule has 1 aromatic heterocycles. The van der Waals surface area contributed by atoms with Crippen molar-refractivity contribution in [3.8, 4) is 0 Å². The van der Waals surface area contributed by atoms with Gasteiger partial charge in [-0.1, -0.05) is 0 Å². The van der Waals surface area contributed by atoms with Gasteiger partial charge in [0, 0.05) is 12.2 Å². The third-order valence-electron chi connectivity index (χ3n) is 4.11. The number of fused-ring (bicyclic) bond motifs is 1. The van der Waals surface area contributed by atoms with Gasteiger partial charge < -0.3 is 10.4 Å². The summed E-state index contributed by atoms with van der Waals surface area (Å²) in [6.07, 6.45) is 5.45. The number of pyridine rings is 1. The van der Waals surface area contributed by atoms with Gasteiger partial charge in [0.1, 0.15) is 11.4 Å². The van der Waals surface area contributed by atoms with Gasteiger partial charge in [-0.3, -0.25) is 0 Å². The number of nitrogens with one attached hydrogen (secondary N) is 1. The smallest absolute Gasteiger partial charge is 0.339 e. The van der Waals surface area contributed by atoms with Gasteiger partial charge in [0.15, 0.2) is 0 Å². The van der Waals surface area contributed by atoms with Crippen LogP contribution in [0.3, 0.4) is 0 Å². The van der Waals surface area contributed by atoms with E-state index in [0.717, 1.165) is 43.5 Å². The second kappa shape index (κ2) is 6.04. The topological polar surface area (TPSA) is 62.2 Å². The van der Waals surface area contributed by atoms with Crippen molar-refractivity contribution < 1.29 is 9.90 Å². The third kappa shape index (κ3) is 2.92. The van der Waals surface area contributed by atoms with Crippen LogP contribution in [0.1, 0.15) is 40.9 Å². The molecule has 3 rings (SSSR count). The van der Waals surface area contributed by atoms with Crippen molar-refractivity contribution in [2.45, 2.75) is 32.1 Å². The molecule has 1 saturated heterocycles. The fraction of sp³-hybridized carbons (Fsp3) is 0.600. The fourth-order valence-corrected chi connectivity index (χ4v) is 4.20. The van der Waals surface area contributed by atoms with Gasteiger partial charge in [-0.25, -0.2) is 9.78 Å². The van der Waals surface area contributed by atoms with E-state index in [0.29, 0.717) is 17.3 Å². The highest BCUT2D eigenvalue weighted by atomic mass is 32.2. The van der Waals surface area contributed by atoms with E-state index in [-0.39, 0.29) is 0 Å². The molecule has 2 N–H and O–H groups in total. The second-order valence-electron chi connectivity index (χ2n) is 5.61. The molecule has 1 atom stereocenters. The molecule has 5 heteroatoms. The van der Waals surface area contributed by atoms with Crippen LogP contribution in [-0.2, 0) is 12.8 Å². The first-order chi connectivity index (χ1) is 9.74. The maximum atomic E-state index is 11.4. The molecule has 2 heterocycles. The van der Waals surface area contributed by atoms with E-state index in [2.05, 4.69) is 10.3 Å². The number of hydrogen-bond donors (Lipinski definition) is 2. The lowest BCUT2D eigenvalue weighted by Gasteiger charge is -2.19. The zero-order chi connectivity index (χ0) is 13.9. The van der Waals surface area contributed by atoms with Crippen LogP contribution in [0.15, 0.2) is 6.07 Å². The molecule has 0 saturated carbocycles. The summed E-state index contributed by atoms with van der Waals surface area (Å²) in [7, 11) is 0. The number of carbonyl (C=O) groups is 1. The molecule has 1 aliphatic heterocycles. The number of nitrogens with zero attached hydrogens (tertiary/aromatic N) is 1. The highest BCUT2D eigenvalue weighted by Crippen LogP contribution is 2.27. The van der Waals surface area contributed by atoms with Crippen LogP contribution in [0.4, 0.5) is 5.82 Å². The van der Waals surface area contributed by atoms with Crippen LogP contribution in [0.5, 0.6) is 0 Å². The first-order valence-corrected chi connectivity index (χ1v) is 8.47. The van der Waals surface area contributed by atoms with Gasteiger partial charge in [0.05, 0.1) is 0 Å². The van der Waals surface area contributed by atoms with Crippen molar-refractivity contribution >= 4 is 23.5 Å². The molecule has 0 amide bonds. The minimum Gasteiger partial charge on any atom is -0.478 e. The summed E-state index contributed by atoms with van der Waals surface area (Å²) >= 11 is 1.97. The monoisotopic (exact) mass is 292 g/mol. The van der Waals surface area contributed by atoms with E-state index in [9.17, 15) is 9.90 Å². The zero-order valence-corrected chi connectivity index (χ0v) is 12.3. The van der Waals surface area contributed by atoms with Crippen LogP contribution < -0.4 is 5.32 Å². The molecule has 1 aromatic rings. The van der Waals surface area contributed by atoms with Gasteiger partial charge >= 0.3 is 5.97 Å². The highest BCUT2D eigenvalue weighted by Gasteiger charge is 2.20. The molecule has 108 valence electrons. The number of aryl methyl sites for hydroxylation is 2. The van der Waals surface area contributed by atoms with E-state index in [1.807, 2.05) is 17.8 Å². The number of carboxylic acids is 1. The summed E-state index contributed by atoms with van der Waals surface area (Å²) in [4.78, 5) is 16.0. The fourth-order valence-electron chi connectivity index (χ4n) is 2.92. The number of carboxylic acid groups (broad SMARTS) is 1. The van der Waals surface area contributed by atoms with E-state index < -0.39 is 5.97 Å². The summed E-state index contributed by atoms with van der Waals surface area (Å²) in [5.41, 5.74) is 2.54. The average molecular weight is 292 g/mol. The lowest BCUT2D eigenvalue weighted by Crippen LogP contribution is -2.18. The summed E-state index contributed by atoms with van der Waals surface area (Å²) in [6.45, 7) is 0.832. The standard InChI is InChI=1S/C15H20N2O2S/c18-15(19)12-7-11-3-1-2-4-13(11)17-14(12)16-8-10-5-6-20-9-10/h7,10H,1-6,8-9H2,(H,16,17)(H,18,19). The minimum atomic E-state index is -0.880. The van der Waals surface area contributed by atoms with Gasteiger partial charge in [-0.2, -0.15) is 11.8 Å². The largest absolute Gasteiger partial charge is 0.478 e. The normalized spacial score (nSPS) is 21.5. The molecule has 0 aromatic carbocycles. The van der Waals surface area contributed by atoms with Gasteiger partial charge in [-0.15, -0.1) is 0 Å². The summed E-state index contributed by atoms with van der Waals surface area (Å²) in [5.74, 6) is 2.71. The first-order valence-electron chi connectivity index (χ1n) is 7.32. The molecule has 1 fully saturated rings. The zero-order valence-electron chi connectivity index (χ0n) is 11.5. The van der Waals surface area contributed by atoms with Crippen LogP contribution in [0, 0.1) is 5.92 Å². The van der Waals surface area contributed by atoms with Gasteiger partial charge in [0.25, 0.3) is 0 Å². The van der Waals surface area contributed by atoms with Crippen LogP contribution >= 0.6 is 11.8 Å². The molecule has 0 spiro atoms. The van der Waals surface area contributed by atoms with Crippen molar-refractivity contribution in [3.63, 3.8) is 0 Å². The van der Waals surface area contributed by atoms with Crippen molar-refractivity contribution in [2.24, 2.45) is 5.92 Å².